The van der Waals surface area contributed by atoms with Crippen LogP contribution in [-0.4, -0.2) is 10.1 Å². The molecule has 0 spiro atoms. The summed E-state index contributed by atoms with van der Waals surface area (Å²) >= 11 is 0. The Morgan fingerprint density at radius 3 is 1.80 bits per heavy atom. The van der Waals surface area contributed by atoms with Crippen LogP contribution in [-0.2, 0) is 5.41 Å². The van der Waals surface area contributed by atoms with Gasteiger partial charge in [-0.05, 0) is 11.6 Å². The average Bonchev–Trinajstić information content (AvgIpc) is 3.30. The van der Waals surface area contributed by atoms with E-state index in [9.17, 15) is 0 Å². The predicted molar refractivity (Wildman–Crippen MR) is 126 cm³/mol. The molecule has 2 aromatic heterocycles. The first-order chi connectivity index (χ1) is 14.7. The lowest BCUT2D eigenvalue weighted by Gasteiger charge is -2.26. The zero-order chi connectivity index (χ0) is 22.0. The molecule has 3 heteroatoms. The molecule has 0 aliphatic carbocycles. The third-order valence-corrected chi connectivity index (χ3v) is 4.78. The highest BCUT2D eigenvalue weighted by atomic mass is 16.5. The number of benzene rings is 2. The lowest BCUT2D eigenvalue weighted by atomic mass is 9.76. The van der Waals surface area contributed by atoms with Gasteiger partial charge in [0.2, 0.25) is 0 Å². The highest BCUT2D eigenvalue weighted by Gasteiger charge is 2.34. The zero-order valence-electron chi connectivity index (χ0n) is 18.9. The van der Waals surface area contributed by atoms with Gasteiger partial charge in [-0.25, -0.2) is 0 Å². The van der Waals surface area contributed by atoms with Crippen molar-refractivity contribution in [2.75, 3.05) is 0 Å². The molecule has 0 aliphatic heterocycles. The Kier molecular flexibility index (Phi) is 8.54. The fraction of sp³-hybridized carbons (Fsp3) is 0.259. The Balaban J connectivity index is 0.000000757. The topological polar surface area (TPSA) is 38.9 Å². The number of pyridine rings is 1. The molecule has 0 unspecified atom stereocenters. The van der Waals surface area contributed by atoms with Gasteiger partial charge in [-0.15, -0.1) is 0 Å². The first-order valence-electron chi connectivity index (χ1n) is 10.7. The van der Waals surface area contributed by atoms with E-state index in [4.69, 9.17) is 4.52 Å². The van der Waals surface area contributed by atoms with Gasteiger partial charge in [0, 0.05) is 34.5 Å². The van der Waals surface area contributed by atoms with Crippen LogP contribution >= 0.6 is 0 Å². The molecular formula is C27H32N2O. The van der Waals surface area contributed by atoms with Crippen LogP contribution in [0.4, 0.5) is 0 Å². The Morgan fingerprint density at radius 1 is 0.700 bits per heavy atom. The molecule has 0 radical (unpaired) electrons. The number of nitrogens with zero attached hydrogens (tertiary/aromatic N) is 2. The van der Waals surface area contributed by atoms with Gasteiger partial charge < -0.3 is 4.52 Å². The molecule has 4 rings (SSSR count). The van der Waals surface area contributed by atoms with Crippen molar-refractivity contribution in [1.29, 1.82) is 0 Å². The van der Waals surface area contributed by atoms with Crippen LogP contribution in [0.25, 0.3) is 22.6 Å². The molecule has 0 amide bonds. The minimum Gasteiger partial charge on any atom is -0.355 e. The van der Waals surface area contributed by atoms with Gasteiger partial charge >= 0.3 is 0 Å². The van der Waals surface area contributed by atoms with E-state index >= 15 is 0 Å². The van der Waals surface area contributed by atoms with Crippen molar-refractivity contribution in [1.82, 2.24) is 10.1 Å². The second-order valence-electron chi connectivity index (χ2n) is 6.83. The highest BCUT2D eigenvalue weighted by Crippen LogP contribution is 2.43. The van der Waals surface area contributed by atoms with Crippen LogP contribution in [0.2, 0.25) is 0 Å². The summed E-state index contributed by atoms with van der Waals surface area (Å²) in [7, 11) is 0. The van der Waals surface area contributed by atoms with Crippen molar-refractivity contribution in [3.8, 4) is 22.6 Å². The molecule has 0 N–H and O–H groups in total. The Hall–Kier alpha value is -3.20. The van der Waals surface area contributed by atoms with E-state index in [1.165, 1.54) is 0 Å². The van der Waals surface area contributed by atoms with Crippen molar-refractivity contribution in [3.05, 3.63) is 96.3 Å². The summed E-state index contributed by atoms with van der Waals surface area (Å²) in [6.45, 7) is 12.4. The second kappa shape index (κ2) is 11.1. The first kappa shape index (κ1) is 23.1. The second-order valence-corrected chi connectivity index (χ2v) is 6.83. The summed E-state index contributed by atoms with van der Waals surface area (Å²) in [4.78, 5) is 4.31. The molecule has 0 fully saturated rings. The van der Waals surface area contributed by atoms with Gasteiger partial charge in [-0.1, -0.05) is 113 Å². The molecule has 4 aromatic rings. The fourth-order valence-corrected chi connectivity index (χ4v) is 3.33. The maximum absolute atomic E-state index is 5.87. The summed E-state index contributed by atoms with van der Waals surface area (Å²) in [6.07, 6.45) is 3.71. The van der Waals surface area contributed by atoms with Crippen molar-refractivity contribution >= 4 is 0 Å². The van der Waals surface area contributed by atoms with Gasteiger partial charge in [-0.2, -0.15) is 0 Å². The maximum atomic E-state index is 5.87. The molecule has 156 valence electrons. The quantitative estimate of drug-likeness (QED) is 0.351. The number of aromatic nitrogens is 2. The third-order valence-electron chi connectivity index (χ3n) is 4.78. The first-order valence-corrected chi connectivity index (χ1v) is 10.7. The van der Waals surface area contributed by atoms with Crippen molar-refractivity contribution < 1.29 is 4.52 Å². The van der Waals surface area contributed by atoms with Crippen LogP contribution < -0.4 is 0 Å². The van der Waals surface area contributed by atoms with E-state index in [-0.39, 0.29) is 5.41 Å². The maximum Gasteiger partial charge on any atom is 0.171 e. The Labute approximate surface area is 180 Å². The van der Waals surface area contributed by atoms with Gasteiger partial charge in [0.05, 0.1) is 0 Å². The van der Waals surface area contributed by atoms with E-state index in [2.05, 4.69) is 54.3 Å². The minimum absolute atomic E-state index is 0.315. The molecule has 0 saturated carbocycles. The summed E-state index contributed by atoms with van der Waals surface area (Å²) in [5, 5.41) is 4.46. The molecule has 0 atom stereocenters. The van der Waals surface area contributed by atoms with Gasteiger partial charge in [0.25, 0.3) is 0 Å². The van der Waals surface area contributed by atoms with Crippen molar-refractivity contribution in [3.63, 3.8) is 0 Å². The largest absolute Gasteiger partial charge is 0.355 e. The van der Waals surface area contributed by atoms with Gasteiger partial charge in [0.15, 0.2) is 5.76 Å². The van der Waals surface area contributed by atoms with E-state index in [0.717, 1.165) is 33.7 Å². The van der Waals surface area contributed by atoms with Gasteiger partial charge in [0.1, 0.15) is 5.69 Å². The Morgan fingerprint density at radius 2 is 1.27 bits per heavy atom. The van der Waals surface area contributed by atoms with Gasteiger partial charge in [-0.3, -0.25) is 4.98 Å². The molecule has 0 saturated heterocycles. The smallest absolute Gasteiger partial charge is 0.171 e. The molecule has 3 nitrogen and oxygen atoms in total. The van der Waals surface area contributed by atoms with Crippen LogP contribution in [0.3, 0.4) is 0 Å². The average molecular weight is 401 g/mol. The molecule has 0 aliphatic rings. The Bertz CT molecular complexity index is 934. The molecule has 30 heavy (non-hydrogen) atoms. The van der Waals surface area contributed by atoms with Crippen molar-refractivity contribution in [2.45, 2.75) is 47.0 Å². The summed E-state index contributed by atoms with van der Waals surface area (Å²) < 4.78 is 5.87. The van der Waals surface area contributed by atoms with E-state index in [0.29, 0.717) is 0 Å². The van der Waals surface area contributed by atoms with Crippen molar-refractivity contribution in [2.24, 2.45) is 0 Å². The predicted octanol–water partition coefficient (Wildman–Crippen LogP) is 7.78. The molecular weight excluding hydrogens is 368 g/mol. The normalized spacial score (nSPS) is 10.3. The monoisotopic (exact) mass is 400 g/mol. The number of hydrogen-bond donors (Lipinski definition) is 0. The van der Waals surface area contributed by atoms with Crippen LogP contribution in [0, 0.1) is 0 Å². The molecule has 2 aromatic carbocycles. The zero-order valence-corrected chi connectivity index (χ0v) is 18.9. The van der Waals surface area contributed by atoms with Crippen LogP contribution in [0.15, 0.2) is 89.7 Å². The van der Waals surface area contributed by atoms with Crippen LogP contribution in [0.5, 0.6) is 0 Å². The van der Waals surface area contributed by atoms with E-state index < -0.39 is 0 Å². The van der Waals surface area contributed by atoms with E-state index in [1.54, 1.807) is 6.20 Å². The fourth-order valence-electron chi connectivity index (χ4n) is 3.33. The summed E-state index contributed by atoms with van der Waals surface area (Å²) in [5.74, 6) is 0.804. The molecule has 0 bridgehead atoms. The lowest BCUT2D eigenvalue weighted by molar-refractivity contribution is 0.432. The number of rotatable bonds is 4. The van der Waals surface area contributed by atoms with Crippen LogP contribution in [0.1, 0.15) is 52.7 Å². The summed E-state index contributed by atoms with van der Waals surface area (Å²) in [5.41, 5.74) is 4.82. The number of hydrogen-bond acceptors (Lipinski definition) is 3. The third kappa shape index (κ3) is 4.85. The minimum atomic E-state index is -0.315. The lowest BCUT2D eigenvalue weighted by Crippen LogP contribution is -2.20. The standard InChI is InChI=1S/C23H20N2O.2C2H6/c1-23(2,19-14-9-15-24-16-19)20-21(17-10-5-3-6-11-17)25-26-22(20)18-12-7-4-8-13-18;2*1-2/h3-16H,1-2H3;2*1-2H3. The molecule has 2 heterocycles. The highest BCUT2D eigenvalue weighted by molar-refractivity contribution is 5.75. The van der Waals surface area contributed by atoms with E-state index in [1.807, 2.05) is 76.4 Å². The summed E-state index contributed by atoms with van der Waals surface area (Å²) in [6, 6.07) is 24.4. The SMILES string of the molecule is CC.CC.CC(C)(c1cccnc1)c1c(-c2ccccc2)noc1-c1ccccc1.